The van der Waals surface area contributed by atoms with E-state index in [2.05, 4.69) is 9.47 Å². The Morgan fingerprint density at radius 1 is 1.24 bits per heavy atom. The molecule has 0 aliphatic carbocycles. The van der Waals surface area contributed by atoms with Crippen LogP contribution in [0.5, 0.6) is 11.5 Å². The minimum absolute atomic E-state index is 0.112. The molecule has 1 aromatic carbocycles. The Balaban J connectivity index is 2.28. The molecule has 0 spiro atoms. The van der Waals surface area contributed by atoms with Crippen LogP contribution in [-0.2, 0) is 13.6 Å². The third-order valence-electron chi connectivity index (χ3n) is 2.73. The maximum Gasteiger partial charge on any atom is 0.586 e. The van der Waals surface area contributed by atoms with Gasteiger partial charge in [0.05, 0.1) is 13.2 Å². The predicted molar refractivity (Wildman–Crippen MR) is 70.4 cm³/mol. The number of ether oxygens (including phenoxy) is 2. The van der Waals surface area contributed by atoms with E-state index < -0.39 is 19.7 Å². The Labute approximate surface area is 120 Å². The zero-order valence-electron chi connectivity index (χ0n) is 11.5. The molecule has 0 bridgehead atoms. The molecule has 1 atom stereocenters. The van der Waals surface area contributed by atoms with Crippen molar-refractivity contribution in [3.05, 3.63) is 23.8 Å². The molecular weight excluding hydrogens is 307 g/mol. The van der Waals surface area contributed by atoms with Crippen LogP contribution in [0.2, 0.25) is 0 Å². The van der Waals surface area contributed by atoms with Gasteiger partial charge in [0.2, 0.25) is 0 Å². The van der Waals surface area contributed by atoms with Gasteiger partial charge in [-0.3, -0.25) is 4.57 Å². The number of hydrogen-bond donors (Lipinski definition) is 1. The Kier molecular flexibility index (Phi) is 4.53. The first kappa shape index (κ1) is 16.2. The van der Waals surface area contributed by atoms with E-state index in [1.165, 1.54) is 18.2 Å². The highest BCUT2D eigenvalue weighted by atomic mass is 31.2. The van der Waals surface area contributed by atoms with E-state index in [9.17, 15) is 13.3 Å². The zero-order valence-corrected chi connectivity index (χ0v) is 12.4. The van der Waals surface area contributed by atoms with Gasteiger partial charge < -0.3 is 24.3 Å². The third-order valence-corrected chi connectivity index (χ3v) is 4.94. The molecule has 1 aliphatic rings. The van der Waals surface area contributed by atoms with Crippen molar-refractivity contribution in [2.75, 3.05) is 13.2 Å². The molecule has 2 rings (SSSR count). The number of benzene rings is 1. The van der Waals surface area contributed by atoms with Gasteiger partial charge in [-0.25, -0.2) is 0 Å². The van der Waals surface area contributed by atoms with Crippen LogP contribution >= 0.6 is 7.60 Å². The van der Waals surface area contributed by atoms with E-state index in [4.69, 9.17) is 14.8 Å². The zero-order chi connectivity index (χ0) is 15.7. The fourth-order valence-electron chi connectivity index (χ4n) is 1.89. The van der Waals surface area contributed by atoms with Crippen molar-refractivity contribution in [1.29, 1.82) is 0 Å². The fraction of sp³-hybridized carbons (Fsp3) is 0.500. The summed E-state index contributed by atoms with van der Waals surface area (Å²) in [5, 5.41) is 0. The summed E-state index contributed by atoms with van der Waals surface area (Å²) in [6.07, 6.45) is -3.71. The molecule has 0 aromatic heterocycles. The largest absolute Gasteiger partial charge is 0.586 e. The van der Waals surface area contributed by atoms with Gasteiger partial charge in [-0.05, 0) is 31.5 Å². The smallest absolute Gasteiger partial charge is 0.395 e. The second kappa shape index (κ2) is 5.88. The minimum atomic E-state index is -3.71. The number of nitrogens with two attached hydrogens (primary N) is 1. The van der Waals surface area contributed by atoms with Crippen molar-refractivity contribution in [2.24, 2.45) is 5.73 Å². The van der Waals surface area contributed by atoms with Gasteiger partial charge in [-0.2, -0.15) is 0 Å². The lowest BCUT2D eigenvalue weighted by atomic mass is 10.2. The lowest BCUT2D eigenvalue weighted by Gasteiger charge is -2.23. The first-order chi connectivity index (χ1) is 9.81. The molecule has 1 heterocycles. The third kappa shape index (κ3) is 3.35. The monoisotopic (exact) mass is 323 g/mol. The Bertz CT molecular complexity index is 559. The highest BCUT2D eigenvalue weighted by molar-refractivity contribution is 7.54. The van der Waals surface area contributed by atoms with Crippen molar-refractivity contribution < 1.29 is 31.9 Å². The number of rotatable bonds is 6. The van der Waals surface area contributed by atoms with Crippen LogP contribution in [0.15, 0.2) is 18.2 Å². The molecule has 6 nitrogen and oxygen atoms in total. The van der Waals surface area contributed by atoms with Crippen LogP contribution in [-0.4, -0.2) is 19.5 Å². The second-order valence-electron chi connectivity index (χ2n) is 4.19. The van der Waals surface area contributed by atoms with Crippen molar-refractivity contribution in [3.8, 4) is 11.5 Å². The van der Waals surface area contributed by atoms with Crippen LogP contribution < -0.4 is 15.2 Å². The Morgan fingerprint density at radius 3 is 2.38 bits per heavy atom. The summed E-state index contributed by atoms with van der Waals surface area (Å²) in [4.78, 5) is 0. The van der Waals surface area contributed by atoms with Crippen LogP contribution in [0, 0.1) is 0 Å². The molecule has 21 heavy (non-hydrogen) atoms. The van der Waals surface area contributed by atoms with Gasteiger partial charge in [0, 0.05) is 0 Å². The van der Waals surface area contributed by atoms with E-state index in [-0.39, 0.29) is 24.7 Å². The second-order valence-corrected chi connectivity index (χ2v) is 6.35. The van der Waals surface area contributed by atoms with Gasteiger partial charge in [0.15, 0.2) is 11.5 Å². The number of hydrogen-bond acceptors (Lipinski definition) is 6. The molecule has 0 radical (unpaired) electrons. The van der Waals surface area contributed by atoms with Crippen molar-refractivity contribution in [3.63, 3.8) is 0 Å². The molecule has 0 saturated heterocycles. The van der Waals surface area contributed by atoms with E-state index in [0.717, 1.165) is 0 Å². The predicted octanol–water partition coefficient (Wildman–Crippen LogP) is 3.23. The molecule has 0 saturated carbocycles. The molecule has 0 amide bonds. The standard InChI is InChI=1S/C12H16F2NO5P/c1-3-17-21(16,18-4-2)11(15)8-5-6-9-10(7-8)20-12(13,14)19-9/h5-7,11H,3-4,15H2,1-2H3/t11-/m0/s1. The first-order valence-corrected chi connectivity index (χ1v) is 7.96. The maximum absolute atomic E-state index is 13.0. The normalized spacial score (nSPS) is 17.8. The van der Waals surface area contributed by atoms with Crippen LogP contribution in [0.3, 0.4) is 0 Å². The van der Waals surface area contributed by atoms with E-state index in [1.807, 2.05) is 0 Å². The molecule has 1 aromatic rings. The summed E-state index contributed by atoms with van der Waals surface area (Å²) in [6, 6.07) is 3.93. The SMILES string of the molecule is CCOP(=O)(OCC)[C@H](N)c1ccc2c(c1)OC(F)(F)O2. The molecule has 9 heteroatoms. The Hall–Kier alpha value is -1.21. The first-order valence-electron chi connectivity index (χ1n) is 6.35. The molecular formula is C12H16F2NO5P. The quantitative estimate of drug-likeness (QED) is 0.810. The molecule has 2 N–H and O–H groups in total. The van der Waals surface area contributed by atoms with E-state index in [1.54, 1.807) is 13.8 Å². The molecule has 0 unspecified atom stereocenters. The van der Waals surface area contributed by atoms with Crippen molar-refractivity contribution in [1.82, 2.24) is 0 Å². The number of halogens is 2. The minimum Gasteiger partial charge on any atom is -0.395 e. The van der Waals surface area contributed by atoms with E-state index in [0.29, 0.717) is 5.56 Å². The van der Waals surface area contributed by atoms with Gasteiger partial charge in [0.1, 0.15) is 5.78 Å². The summed E-state index contributed by atoms with van der Waals surface area (Å²) in [6.45, 7) is 3.60. The lowest BCUT2D eigenvalue weighted by Crippen LogP contribution is -2.25. The van der Waals surface area contributed by atoms with Crippen LogP contribution in [0.25, 0.3) is 0 Å². The van der Waals surface area contributed by atoms with Gasteiger partial charge in [0.25, 0.3) is 0 Å². The van der Waals surface area contributed by atoms with Crippen LogP contribution in [0.1, 0.15) is 25.2 Å². The van der Waals surface area contributed by atoms with Gasteiger partial charge in [-0.15, -0.1) is 8.78 Å². The highest BCUT2D eigenvalue weighted by Gasteiger charge is 2.44. The summed E-state index contributed by atoms with van der Waals surface area (Å²) < 4.78 is 57.4. The molecule has 0 fully saturated rings. The topological polar surface area (TPSA) is 80.0 Å². The van der Waals surface area contributed by atoms with Crippen molar-refractivity contribution >= 4 is 7.60 Å². The van der Waals surface area contributed by atoms with Gasteiger partial charge >= 0.3 is 13.9 Å². The summed E-state index contributed by atoms with van der Waals surface area (Å²) >= 11 is 0. The fourth-order valence-corrected chi connectivity index (χ4v) is 3.53. The number of alkyl halides is 2. The highest BCUT2D eigenvalue weighted by Crippen LogP contribution is 2.59. The summed E-state index contributed by atoms with van der Waals surface area (Å²) in [5.41, 5.74) is 6.20. The van der Waals surface area contributed by atoms with Crippen molar-refractivity contribution in [2.45, 2.75) is 25.9 Å². The molecule has 1 aliphatic heterocycles. The summed E-state index contributed by atoms with van der Waals surface area (Å²) in [7, 11) is -3.60. The lowest BCUT2D eigenvalue weighted by molar-refractivity contribution is -0.286. The van der Waals surface area contributed by atoms with E-state index >= 15 is 0 Å². The van der Waals surface area contributed by atoms with Crippen LogP contribution in [0.4, 0.5) is 8.78 Å². The summed E-state index contributed by atoms with van der Waals surface area (Å²) in [5.74, 6) is -1.40. The Morgan fingerprint density at radius 2 is 1.81 bits per heavy atom. The molecule has 118 valence electrons. The average molecular weight is 323 g/mol. The van der Waals surface area contributed by atoms with Gasteiger partial charge in [-0.1, -0.05) is 6.07 Å². The maximum atomic E-state index is 13.0. The number of fused-ring (bicyclic) bond motifs is 1. The average Bonchev–Trinajstić information content (AvgIpc) is 2.71.